The highest BCUT2D eigenvalue weighted by atomic mass is 32.1. The highest BCUT2D eigenvalue weighted by Gasteiger charge is 2.19. The minimum Gasteiger partial charge on any atom is -0.381 e. The Labute approximate surface area is 157 Å². The molecule has 26 heavy (non-hydrogen) atoms. The predicted octanol–water partition coefficient (Wildman–Crippen LogP) is 3.46. The number of hydrogen-bond acceptors (Lipinski definition) is 6. The van der Waals surface area contributed by atoms with Crippen LogP contribution in [0.15, 0.2) is 29.6 Å². The number of aromatic nitrogens is 1. The van der Waals surface area contributed by atoms with E-state index in [0.717, 1.165) is 37.7 Å². The zero-order valence-corrected chi connectivity index (χ0v) is 15.8. The van der Waals surface area contributed by atoms with E-state index >= 15 is 0 Å². The Kier molecular flexibility index (Phi) is 6.00. The minimum absolute atomic E-state index is 0.0870. The van der Waals surface area contributed by atoms with Gasteiger partial charge in [0.2, 0.25) is 0 Å². The largest absolute Gasteiger partial charge is 0.381 e. The van der Waals surface area contributed by atoms with Gasteiger partial charge in [-0.05, 0) is 37.8 Å². The van der Waals surface area contributed by atoms with E-state index in [1.54, 1.807) is 29.6 Å². The number of carbonyl (C=O) groups excluding carboxylic acids is 2. The maximum absolute atomic E-state index is 12.5. The smallest absolute Gasteiger partial charge is 0.275 e. The number of ether oxygens (including phenoxy) is 1. The molecule has 1 aliphatic rings. The highest BCUT2D eigenvalue weighted by Crippen LogP contribution is 2.24. The molecule has 138 valence electrons. The van der Waals surface area contributed by atoms with E-state index in [2.05, 4.69) is 15.2 Å². The van der Waals surface area contributed by atoms with Crippen LogP contribution in [0.25, 0.3) is 0 Å². The van der Waals surface area contributed by atoms with Gasteiger partial charge in [-0.2, -0.15) is 0 Å². The Morgan fingerprint density at radius 1 is 1.31 bits per heavy atom. The molecule has 6 nitrogen and oxygen atoms in total. The van der Waals surface area contributed by atoms with Crippen molar-refractivity contribution in [1.82, 2.24) is 4.98 Å². The van der Waals surface area contributed by atoms with Crippen molar-refractivity contribution < 1.29 is 14.3 Å². The van der Waals surface area contributed by atoms with Crippen LogP contribution in [0.3, 0.4) is 0 Å². The number of nitrogens with zero attached hydrogens (tertiary/aromatic N) is 2. The molecule has 0 atom stereocenters. The number of benzene rings is 1. The Morgan fingerprint density at radius 2 is 2.04 bits per heavy atom. The SMILES string of the molecule is CC(=O)c1ccccc1NC(=O)c1csc(N(C)CC2CCOCC2)n1. The molecular formula is C19H23N3O3S. The van der Waals surface area contributed by atoms with Crippen molar-refractivity contribution in [2.75, 3.05) is 37.0 Å². The van der Waals surface area contributed by atoms with Crippen molar-refractivity contribution in [1.29, 1.82) is 0 Å². The lowest BCUT2D eigenvalue weighted by molar-refractivity contribution is 0.0685. The van der Waals surface area contributed by atoms with Crippen LogP contribution in [0.2, 0.25) is 0 Å². The molecule has 0 spiro atoms. The fraction of sp³-hybridized carbons (Fsp3) is 0.421. The molecule has 0 radical (unpaired) electrons. The van der Waals surface area contributed by atoms with Gasteiger partial charge in [-0.15, -0.1) is 11.3 Å². The lowest BCUT2D eigenvalue weighted by Crippen LogP contribution is -2.29. The standard InChI is InChI=1S/C19H23N3O3S/c1-13(23)15-5-3-4-6-16(15)20-18(24)17-12-26-19(21-17)22(2)11-14-7-9-25-10-8-14/h3-6,12,14H,7-11H2,1-2H3,(H,20,24). The Bertz CT molecular complexity index is 784. The second kappa shape index (κ2) is 8.42. The second-order valence-corrected chi connectivity index (χ2v) is 7.34. The molecule has 2 aromatic rings. The van der Waals surface area contributed by atoms with Gasteiger partial charge in [-0.1, -0.05) is 12.1 Å². The maximum Gasteiger partial charge on any atom is 0.275 e. The average Bonchev–Trinajstić information content (AvgIpc) is 3.13. The summed E-state index contributed by atoms with van der Waals surface area (Å²) in [5, 5.41) is 5.36. The molecule has 1 amide bonds. The first-order chi connectivity index (χ1) is 12.5. The summed E-state index contributed by atoms with van der Waals surface area (Å²) in [6, 6.07) is 6.99. The first kappa shape index (κ1) is 18.5. The van der Waals surface area contributed by atoms with Crippen molar-refractivity contribution in [2.24, 2.45) is 5.92 Å². The van der Waals surface area contributed by atoms with Crippen molar-refractivity contribution in [3.63, 3.8) is 0 Å². The lowest BCUT2D eigenvalue weighted by Gasteiger charge is -2.26. The molecule has 2 heterocycles. The van der Waals surface area contributed by atoms with Crippen molar-refractivity contribution >= 4 is 33.8 Å². The molecule has 0 saturated carbocycles. The van der Waals surface area contributed by atoms with Crippen molar-refractivity contribution in [3.05, 3.63) is 40.9 Å². The third-order valence-electron chi connectivity index (χ3n) is 4.48. The number of rotatable bonds is 6. The van der Waals surface area contributed by atoms with Crippen molar-refractivity contribution in [3.8, 4) is 0 Å². The number of ketones is 1. The highest BCUT2D eigenvalue weighted by molar-refractivity contribution is 7.13. The van der Waals surface area contributed by atoms with Crippen LogP contribution < -0.4 is 10.2 Å². The van der Waals surface area contributed by atoms with Crippen LogP contribution in [0.5, 0.6) is 0 Å². The Hall–Kier alpha value is -2.25. The van der Waals surface area contributed by atoms with E-state index in [4.69, 9.17) is 4.74 Å². The number of carbonyl (C=O) groups is 2. The molecular weight excluding hydrogens is 350 g/mol. The van der Waals surface area contributed by atoms with Gasteiger partial charge in [0.25, 0.3) is 5.91 Å². The fourth-order valence-electron chi connectivity index (χ4n) is 3.02. The second-order valence-electron chi connectivity index (χ2n) is 6.51. The van der Waals surface area contributed by atoms with Crippen LogP contribution in [0.1, 0.15) is 40.6 Å². The van der Waals surface area contributed by atoms with E-state index in [1.807, 2.05) is 7.05 Å². The first-order valence-electron chi connectivity index (χ1n) is 8.70. The Morgan fingerprint density at radius 3 is 2.77 bits per heavy atom. The zero-order valence-electron chi connectivity index (χ0n) is 15.0. The Balaban J connectivity index is 1.65. The summed E-state index contributed by atoms with van der Waals surface area (Å²) < 4.78 is 5.40. The summed E-state index contributed by atoms with van der Waals surface area (Å²) in [4.78, 5) is 30.7. The molecule has 1 aliphatic heterocycles. The van der Waals surface area contributed by atoms with Gasteiger partial charge in [-0.3, -0.25) is 9.59 Å². The lowest BCUT2D eigenvalue weighted by atomic mass is 10.0. The average molecular weight is 373 g/mol. The summed E-state index contributed by atoms with van der Waals surface area (Å²) in [5.41, 5.74) is 1.37. The fourth-order valence-corrected chi connectivity index (χ4v) is 3.81. The van der Waals surface area contributed by atoms with Crippen LogP contribution in [-0.4, -0.2) is 43.5 Å². The number of anilines is 2. The molecule has 0 bridgehead atoms. The van der Waals surface area contributed by atoms with E-state index in [1.165, 1.54) is 18.3 Å². The molecule has 1 saturated heterocycles. The van der Waals surface area contributed by atoms with Crippen LogP contribution in [-0.2, 0) is 4.74 Å². The van der Waals surface area contributed by atoms with E-state index in [9.17, 15) is 9.59 Å². The number of hydrogen-bond donors (Lipinski definition) is 1. The van der Waals surface area contributed by atoms with E-state index in [0.29, 0.717) is 22.9 Å². The van der Waals surface area contributed by atoms with E-state index in [-0.39, 0.29) is 11.7 Å². The van der Waals surface area contributed by atoms with Crippen LogP contribution >= 0.6 is 11.3 Å². The van der Waals surface area contributed by atoms with Crippen LogP contribution in [0.4, 0.5) is 10.8 Å². The normalized spacial score (nSPS) is 14.8. The summed E-state index contributed by atoms with van der Waals surface area (Å²) in [6.45, 7) is 4.03. The third-order valence-corrected chi connectivity index (χ3v) is 5.43. The minimum atomic E-state index is -0.305. The van der Waals surface area contributed by atoms with Gasteiger partial charge in [0.15, 0.2) is 10.9 Å². The summed E-state index contributed by atoms with van der Waals surface area (Å²) >= 11 is 1.45. The molecule has 1 fully saturated rings. The zero-order chi connectivity index (χ0) is 18.5. The van der Waals surface area contributed by atoms with E-state index < -0.39 is 0 Å². The van der Waals surface area contributed by atoms with Gasteiger partial charge in [-0.25, -0.2) is 4.98 Å². The van der Waals surface area contributed by atoms with Gasteiger partial charge in [0, 0.05) is 37.7 Å². The third kappa shape index (κ3) is 4.47. The topological polar surface area (TPSA) is 71.5 Å². The quantitative estimate of drug-likeness (QED) is 0.785. The molecule has 1 aromatic carbocycles. The monoisotopic (exact) mass is 373 g/mol. The number of nitrogens with one attached hydrogen (secondary N) is 1. The van der Waals surface area contributed by atoms with Gasteiger partial charge >= 0.3 is 0 Å². The molecule has 0 unspecified atom stereocenters. The number of thiazole rings is 1. The van der Waals surface area contributed by atoms with Gasteiger partial charge in [0.05, 0.1) is 5.69 Å². The van der Waals surface area contributed by atoms with Gasteiger partial charge < -0.3 is 15.0 Å². The number of amides is 1. The van der Waals surface area contributed by atoms with Gasteiger partial charge in [0.1, 0.15) is 5.69 Å². The maximum atomic E-state index is 12.5. The number of para-hydroxylation sites is 1. The predicted molar refractivity (Wildman–Crippen MR) is 103 cm³/mol. The summed E-state index contributed by atoms with van der Waals surface area (Å²) in [6.07, 6.45) is 2.12. The van der Waals surface area contributed by atoms with Crippen LogP contribution in [0, 0.1) is 5.92 Å². The van der Waals surface area contributed by atoms with Crippen molar-refractivity contribution in [2.45, 2.75) is 19.8 Å². The molecule has 3 rings (SSSR count). The first-order valence-corrected chi connectivity index (χ1v) is 9.58. The summed E-state index contributed by atoms with van der Waals surface area (Å²) in [7, 11) is 2.00. The summed E-state index contributed by atoms with van der Waals surface area (Å²) in [5.74, 6) is 0.203. The molecule has 0 aliphatic carbocycles. The molecule has 1 aromatic heterocycles. The number of Topliss-reactive ketones (excluding diaryl/α,β-unsaturated/α-hetero) is 1. The molecule has 7 heteroatoms. The molecule has 1 N–H and O–H groups in total.